The van der Waals surface area contributed by atoms with E-state index in [0.717, 1.165) is 38.6 Å². The number of rotatable bonds is 6. The van der Waals surface area contributed by atoms with Crippen LogP contribution in [-0.4, -0.2) is 50.1 Å². The summed E-state index contributed by atoms with van der Waals surface area (Å²) in [5, 5.41) is 6.71. The molecule has 0 bridgehead atoms. The highest BCUT2D eigenvalue weighted by molar-refractivity contribution is 14.0. The predicted molar refractivity (Wildman–Crippen MR) is 94.6 cm³/mol. The summed E-state index contributed by atoms with van der Waals surface area (Å²) < 4.78 is 0. The predicted octanol–water partition coefficient (Wildman–Crippen LogP) is 2.45. The molecule has 0 spiro atoms. The fourth-order valence-corrected chi connectivity index (χ4v) is 2.26. The fraction of sp³-hybridized carbons (Fsp3) is 0.929. The third kappa shape index (κ3) is 9.49. The summed E-state index contributed by atoms with van der Waals surface area (Å²) >= 11 is 0. The van der Waals surface area contributed by atoms with Crippen molar-refractivity contribution in [2.75, 3.05) is 39.3 Å². The smallest absolute Gasteiger partial charge is 0.191 e. The molecule has 0 saturated carbocycles. The highest BCUT2D eigenvalue weighted by Gasteiger charge is 2.08. The largest absolute Gasteiger partial charge is 0.357 e. The highest BCUT2D eigenvalue weighted by Crippen LogP contribution is 2.08. The lowest BCUT2D eigenvalue weighted by atomic mass is 10.2. The molecule has 1 aliphatic heterocycles. The second-order valence-electron chi connectivity index (χ2n) is 4.94. The molecule has 4 nitrogen and oxygen atoms in total. The zero-order chi connectivity index (χ0) is 13.1. The van der Waals surface area contributed by atoms with E-state index in [0.29, 0.717) is 0 Å². The zero-order valence-electron chi connectivity index (χ0n) is 12.6. The monoisotopic (exact) mass is 382 g/mol. The van der Waals surface area contributed by atoms with Crippen molar-refractivity contribution in [3.05, 3.63) is 0 Å². The average Bonchev–Trinajstić information content (AvgIpc) is 2.64. The van der Waals surface area contributed by atoms with E-state index >= 15 is 0 Å². The van der Waals surface area contributed by atoms with Crippen LogP contribution < -0.4 is 10.6 Å². The number of nitrogens with one attached hydrogen (secondary N) is 2. The third-order valence-electron chi connectivity index (χ3n) is 3.26. The van der Waals surface area contributed by atoms with Gasteiger partial charge in [-0.15, -0.1) is 24.0 Å². The third-order valence-corrected chi connectivity index (χ3v) is 3.26. The summed E-state index contributed by atoms with van der Waals surface area (Å²) in [4.78, 5) is 7.08. The normalized spacial score (nSPS) is 17.5. The second kappa shape index (κ2) is 13.0. The van der Waals surface area contributed by atoms with Gasteiger partial charge in [0.15, 0.2) is 5.96 Å². The molecule has 0 aliphatic carbocycles. The Kier molecular flexibility index (Phi) is 12.9. The van der Waals surface area contributed by atoms with E-state index in [9.17, 15) is 0 Å². The van der Waals surface area contributed by atoms with Gasteiger partial charge in [-0.3, -0.25) is 4.99 Å². The van der Waals surface area contributed by atoms with Crippen LogP contribution in [0.25, 0.3) is 0 Å². The van der Waals surface area contributed by atoms with Crippen LogP contribution >= 0.6 is 24.0 Å². The Labute approximate surface area is 135 Å². The van der Waals surface area contributed by atoms with Crippen molar-refractivity contribution in [1.29, 1.82) is 0 Å². The molecule has 19 heavy (non-hydrogen) atoms. The van der Waals surface area contributed by atoms with Crippen molar-refractivity contribution < 1.29 is 0 Å². The lowest BCUT2D eigenvalue weighted by Crippen LogP contribution is -2.41. The molecule has 114 valence electrons. The lowest BCUT2D eigenvalue weighted by Gasteiger charge is -2.20. The molecule has 0 aromatic heterocycles. The maximum absolute atomic E-state index is 4.51. The van der Waals surface area contributed by atoms with Crippen LogP contribution in [0.2, 0.25) is 0 Å². The maximum atomic E-state index is 4.51. The summed E-state index contributed by atoms with van der Waals surface area (Å²) in [5.74, 6) is 0.967. The van der Waals surface area contributed by atoms with Gasteiger partial charge in [0.25, 0.3) is 0 Å². The first-order valence-electron chi connectivity index (χ1n) is 7.61. The molecule has 0 aromatic carbocycles. The van der Waals surface area contributed by atoms with E-state index in [-0.39, 0.29) is 24.0 Å². The lowest BCUT2D eigenvalue weighted by molar-refractivity contribution is 0.289. The van der Waals surface area contributed by atoms with Crippen LogP contribution in [0.4, 0.5) is 0 Å². The number of hydrogen-bond acceptors (Lipinski definition) is 2. The van der Waals surface area contributed by atoms with Gasteiger partial charge in [0.2, 0.25) is 0 Å². The van der Waals surface area contributed by atoms with Crippen molar-refractivity contribution in [3.8, 4) is 0 Å². The standard InChI is InChI=1S/C14H30N4.HI/c1-3-9-16-14(15-4-2)17-10-13-18-11-7-5-6-8-12-18;/h3-13H2,1-2H3,(H2,15,16,17);1H. The number of guanidine groups is 1. The number of aliphatic imine (C=N–C) groups is 1. The van der Waals surface area contributed by atoms with Gasteiger partial charge < -0.3 is 15.5 Å². The molecule has 1 aliphatic rings. The summed E-state index contributed by atoms with van der Waals surface area (Å²) in [6, 6.07) is 0. The summed E-state index contributed by atoms with van der Waals surface area (Å²) in [5.41, 5.74) is 0. The molecule has 0 unspecified atom stereocenters. The summed E-state index contributed by atoms with van der Waals surface area (Å²) in [6.45, 7) is 10.8. The van der Waals surface area contributed by atoms with Gasteiger partial charge in [0.05, 0.1) is 0 Å². The van der Waals surface area contributed by atoms with E-state index in [4.69, 9.17) is 0 Å². The van der Waals surface area contributed by atoms with Crippen molar-refractivity contribution in [1.82, 2.24) is 15.5 Å². The summed E-state index contributed by atoms with van der Waals surface area (Å²) in [7, 11) is 0. The number of hydrogen-bond donors (Lipinski definition) is 2. The first-order chi connectivity index (χ1) is 8.86. The SMILES string of the molecule is CCCN=C(NCC)NCCN1CCCCCC1.I. The Bertz CT molecular complexity index is 225. The molecule has 0 amide bonds. The van der Waals surface area contributed by atoms with Gasteiger partial charge in [-0.1, -0.05) is 19.8 Å². The molecule has 1 fully saturated rings. The number of halogens is 1. The van der Waals surface area contributed by atoms with Crippen LogP contribution in [0.15, 0.2) is 4.99 Å². The van der Waals surface area contributed by atoms with Crippen LogP contribution in [0.5, 0.6) is 0 Å². The molecular formula is C14H31IN4. The minimum absolute atomic E-state index is 0. The second-order valence-corrected chi connectivity index (χ2v) is 4.94. The Morgan fingerprint density at radius 1 is 1.05 bits per heavy atom. The molecule has 2 N–H and O–H groups in total. The average molecular weight is 382 g/mol. The van der Waals surface area contributed by atoms with Crippen molar-refractivity contribution in [2.45, 2.75) is 46.0 Å². The van der Waals surface area contributed by atoms with Crippen LogP contribution in [0, 0.1) is 0 Å². The highest BCUT2D eigenvalue weighted by atomic mass is 127. The van der Waals surface area contributed by atoms with E-state index in [1.807, 2.05) is 0 Å². The minimum atomic E-state index is 0. The van der Waals surface area contributed by atoms with Gasteiger partial charge in [0, 0.05) is 26.2 Å². The van der Waals surface area contributed by atoms with E-state index in [1.165, 1.54) is 38.8 Å². The van der Waals surface area contributed by atoms with E-state index in [1.54, 1.807) is 0 Å². The van der Waals surface area contributed by atoms with Crippen LogP contribution in [-0.2, 0) is 0 Å². The molecule has 1 saturated heterocycles. The van der Waals surface area contributed by atoms with E-state index in [2.05, 4.69) is 34.4 Å². The molecule has 0 aromatic rings. The van der Waals surface area contributed by atoms with E-state index < -0.39 is 0 Å². The Morgan fingerprint density at radius 3 is 2.32 bits per heavy atom. The zero-order valence-corrected chi connectivity index (χ0v) is 14.9. The Morgan fingerprint density at radius 2 is 1.74 bits per heavy atom. The first kappa shape index (κ1) is 19.0. The molecule has 5 heteroatoms. The Balaban J connectivity index is 0.00000324. The van der Waals surface area contributed by atoms with Crippen molar-refractivity contribution >= 4 is 29.9 Å². The topological polar surface area (TPSA) is 39.7 Å². The fourth-order valence-electron chi connectivity index (χ4n) is 2.26. The van der Waals surface area contributed by atoms with Gasteiger partial charge in [-0.2, -0.15) is 0 Å². The molecule has 0 atom stereocenters. The summed E-state index contributed by atoms with van der Waals surface area (Å²) in [6.07, 6.45) is 6.64. The molecule has 1 rings (SSSR count). The van der Waals surface area contributed by atoms with Gasteiger partial charge in [0.1, 0.15) is 0 Å². The Hall–Kier alpha value is -0.0400. The van der Waals surface area contributed by atoms with Gasteiger partial charge in [-0.25, -0.2) is 0 Å². The van der Waals surface area contributed by atoms with Crippen molar-refractivity contribution in [3.63, 3.8) is 0 Å². The van der Waals surface area contributed by atoms with Crippen LogP contribution in [0.1, 0.15) is 46.0 Å². The minimum Gasteiger partial charge on any atom is -0.357 e. The van der Waals surface area contributed by atoms with Crippen LogP contribution in [0.3, 0.4) is 0 Å². The molecule has 0 radical (unpaired) electrons. The molecule has 1 heterocycles. The number of nitrogens with zero attached hydrogens (tertiary/aromatic N) is 2. The maximum Gasteiger partial charge on any atom is 0.191 e. The van der Waals surface area contributed by atoms with Gasteiger partial charge in [-0.05, 0) is 39.3 Å². The number of likely N-dealkylation sites (tertiary alicyclic amines) is 1. The quantitative estimate of drug-likeness (QED) is 0.421. The van der Waals surface area contributed by atoms with Gasteiger partial charge >= 0.3 is 0 Å². The van der Waals surface area contributed by atoms with Crippen molar-refractivity contribution in [2.24, 2.45) is 4.99 Å². The first-order valence-corrected chi connectivity index (χ1v) is 7.61. The molecular weight excluding hydrogens is 351 g/mol.